The molecule has 0 saturated carbocycles. The van der Waals surface area contributed by atoms with E-state index < -0.39 is 11.8 Å². The van der Waals surface area contributed by atoms with E-state index in [2.05, 4.69) is 0 Å². The van der Waals surface area contributed by atoms with Crippen molar-refractivity contribution in [2.24, 2.45) is 5.73 Å². The lowest BCUT2D eigenvalue weighted by atomic mass is 10.0. The monoisotopic (exact) mass is 248 g/mol. The number of carbonyl (C=O) groups excluding carboxylic acids is 4. The lowest BCUT2D eigenvalue weighted by Crippen LogP contribution is -2.24. The van der Waals surface area contributed by atoms with Crippen LogP contribution >= 0.6 is 0 Å². The molecule has 94 valence electrons. The molecule has 18 heavy (non-hydrogen) atoms. The quantitative estimate of drug-likeness (QED) is 0.714. The van der Waals surface area contributed by atoms with E-state index in [1.807, 2.05) is 6.79 Å². The standard InChI is InChI=1S/C11H10N2O3.CH2O/c1-5-3-7-8(4-6(5)9(12)14)11(16)13(2)10(7)15;1-2/h3-4H,1-2H3,(H2,12,14);1H2. The molecule has 0 radical (unpaired) electrons. The molecule has 2 N–H and O–H groups in total. The highest BCUT2D eigenvalue weighted by atomic mass is 16.2. The van der Waals surface area contributed by atoms with Crippen LogP contribution in [-0.2, 0) is 4.79 Å². The normalized spacial score (nSPS) is 12.9. The van der Waals surface area contributed by atoms with Gasteiger partial charge in [0.2, 0.25) is 5.91 Å². The average molecular weight is 248 g/mol. The summed E-state index contributed by atoms with van der Waals surface area (Å²) in [6, 6.07) is 2.91. The molecule has 0 bridgehead atoms. The summed E-state index contributed by atoms with van der Waals surface area (Å²) in [5.74, 6) is -1.35. The minimum atomic E-state index is -0.602. The lowest BCUT2D eigenvalue weighted by Gasteiger charge is -2.03. The van der Waals surface area contributed by atoms with Crippen molar-refractivity contribution < 1.29 is 19.2 Å². The smallest absolute Gasteiger partial charge is 0.261 e. The second kappa shape index (κ2) is 4.79. The molecule has 1 aromatic rings. The maximum absolute atomic E-state index is 11.6. The number of nitrogens with two attached hydrogens (primary N) is 1. The van der Waals surface area contributed by atoms with Gasteiger partial charge < -0.3 is 10.5 Å². The van der Waals surface area contributed by atoms with Gasteiger partial charge >= 0.3 is 0 Å². The first-order valence-electron chi connectivity index (χ1n) is 4.99. The second-order valence-electron chi connectivity index (χ2n) is 3.75. The van der Waals surface area contributed by atoms with Gasteiger partial charge in [0.05, 0.1) is 11.1 Å². The molecule has 0 aromatic heterocycles. The van der Waals surface area contributed by atoms with Crippen molar-refractivity contribution >= 4 is 24.5 Å². The van der Waals surface area contributed by atoms with Crippen molar-refractivity contribution in [3.8, 4) is 0 Å². The summed E-state index contributed by atoms with van der Waals surface area (Å²) < 4.78 is 0. The third kappa shape index (κ3) is 1.88. The Morgan fingerprint density at radius 2 is 1.61 bits per heavy atom. The summed E-state index contributed by atoms with van der Waals surface area (Å²) in [7, 11) is 1.41. The molecular formula is C12H12N2O4. The molecule has 0 saturated heterocycles. The number of primary amides is 1. The average Bonchev–Trinajstić information content (AvgIpc) is 2.56. The molecule has 0 atom stereocenters. The number of amides is 3. The first kappa shape index (κ1) is 13.6. The molecular weight excluding hydrogens is 236 g/mol. The van der Waals surface area contributed by atoms with Crippen LogP contribution in [0.2, 0.25) is 0 Å². The van der Waals surface area contributed by atoms with Gasteiger partial charge in [-0.05, 0) is 24.6 Å². The molecule has 0 spiro atoms. The maximum Gasteiger partial charge on any atom is 0.261 e. The van der Waals surface area contributed by atoms with Gasteiger partial charge in [0.15, 0.2) is 0 Å². The van der Waals surface area contributed by atoms with E-state index in [0.29, 0.717) is 11.1 Å². The number of hydrogen-bond donors (Lipinski definition) is 1. The van der Waals surface area contributed by atoms with Crippen LogP contribution in [0.25, 0.3) is 0 Å². The van der Waals surface area contributed by atoms with Gasteiger partial charge in [-0.2, -0.15) is 0 Å². The molecule has 6 nitrogen and oxygen atoms in total. The van der Waals surface area contributed by atoms with Crippen LogP contribution in [0.5, 0.6) is 0 Å². The number of hydrogen-bond acceptors (Lipinski definition) is 4. The van der Waals surface area contributed by atoms with Gasteiger partial charge in [-0.25, -0.2) is 0 Å². The van der Waals surface area contributed by atoms with E-state index in [9.17, 15) is 14.4 Å². The molecule has 3 amide bonds. The highest BCUT2D eigenvalue weighted by Crippen LogP contribution is 2.24. The zero-order chi connectivity index (χ0) is 14.0. The fourth-order valence-corrected chi connectivity index (χ4v) is 1.78. The third-order valence-corrected chi connectivity index (χ3v) is 2.70. The van der Waals surface area contributed by atoms with Crippen molar-refractivity contribution in [2.75, 3.05) is 7.05 Å². The SMILES string of the molecule is C=O.Cc1cc2c(cc1C(N)=O)C(=O)N(C)C2=O. The van der Waals surface area contributed by atoms with Crippen molar-refractivity contribution in [2.45, 2.75) is 6.92 Å². The molecule has 1 aromatic carbocycles. The van der Waals surface area contributed by atoms with Gasteiger partial charge in [0, 0.05) is 12.6 Å². The minimum absolute atomic E-state index is 0.243. The van der Waals surface area contributed by atoms with E-state index in [-0.39, 0.29) is 17.0 Å². The Morgan fingerprint density at radius 1 is 1.17 bits per heavy atom. The van der Waals surface area contributed by atoms with Gasteiger partial charge in [-0.1, -0.05) is 0 Å². The van der Waals surface area contributed by atoms with Crippen LogP contribution in [0.15, 0.2) is 12.1 Å². The Balaban J connectivity index is 0.000000771. The first-order valence-corrected chi connectivity index (χ1v) is 4.99. The highest BCUT2D eigenvalue weighted by molar-refractivity contribution is 6.22. The predicted molar refractivity (Wildman–Crippen MR) is 63.2 cm³/mol. The topological polar surface area (TPSA) is 97.5 Å². The van der Waals surface area contributed by atoms with Crippen molar-refractivity contribution in [1.29, 1.82) is 0 Å². The first-order chi connectivity index (χ1) is 8.43. The molecule has 2 rings (SSSR count). The van der Waals surface area contributed by atoms with Crippen LogP contribution in [0.1, 0.15) is 36.6 Å². The largest absolute Gasteiger partial charge is 0.366 e. The number of imide groups is 1. The highest BCUT2D eigenvalue weighted by Gasteiger charge is 2.33. The maximum atomic E-state index is 11.6. The second-order valence-corrected chi connectivity index (χ2v) is 3.75. The molecule has 1 aliphatic heterocycles. The van der Waals surface area contributed by atoms with Gasteiger partial charge in [0.25, 0.3) is 11.8 Å². The molecule has 6 heteroatoms. The summed E-state index contributed by atoms with van der Waals surface area (Å²) in [4.78, 5) is 43.4. The molecule has 1 aliphatic rings. The number of carbonyl (C=O) groups is 4. The van der Waals surface area contributed by atoms with Gasteiger partial charge in [-0.15, -0.1) is 0 Å². The Kier molecular flexibility index (Phi) is 3.61. The Bertz CT molecular complexity index is 551. The van der Waals surface area contributed by atoms with E-state index in [0.717, 1.165) is 4.90 Å². The zero-order valence-corrected chi connectivity index (χ0v) is 10.0. The van der Waals surface area contributed by atoms with Gasteiger partial charge in [-0.3, -0.25) is 19.3 Å². The van der Waals surface area contributed by atoms with E-state index >= 15 is 0 Å². The van der Waals surface area contributed by atoms with Gasteiger partial charge in [0.1, 0.15) is 6.79 Å². The van der Waals surface area contributed by atoms with Crippen LogP contribution < -0.4 is 5.73 Å². The zero-order valence-electron chi connectivity index (χ0n) is 10.0. The number of fused-ring (bicyclic) bond motifs is 1. The number of nitrogens with zero attached hydrogens (tertiary/aromatic N) is 1. The summed E-state index contributed by atoms with van der Waals surface area (Å²) >= 11 is 0. The van der Waals surface area contributed by atoms with Crippen molar-refractivity contribution in [3.63, 3.8) is 0 Å². The van der Waals surface area contributed by atoms with E-state index in [1.54, 1.807) is 6.92 Å². The van der Waals surface area contributed by atoms with Crippen molar-refractivity contribution in [1.82, 2.24) is 4.90 Å². The molecule has 1 heterocycles. The molecule has 0 fully saturated rings. The summed E-state index contributed by atoms with van der Waals surface area (Å²) in [6.45, 7) is 3.68. The Morgan fingerprint density at radius 3 is 2.06 bits per heavy atom. The Hall–Kier alpha value is -2.50. The predicted octanol–water partition coefficient (Wildman–Crippen LogP) is 0.135. The summed E-state index contributed by atoms with van der Waals surface area (Å²) in [5, 5.41) is 0. The van der Waals surface area contributed by atoms with E-state index in [1.165, 1.54) is 19.2 Å². The summed E-state index contributed by atoms with van der Waals surface area (Å²) in [5.41, 5.74) is 6.62. The molecule has 0 unspecified atom stereocenters. The molecule has 0 aliphatic carbocycles. The van der Waals surface area contributed by atoms with Crippen LogP contribution in [0.3, 0.4) is 0 Å². The summed E-state index contributed by atoms with van der Waals surface area (Å²) in [6.07, 6.45) is 0. The van der Waals surface area contributed by atoms with Crippen LogP contribution in [0.4, 0.5) is 0 Å². The van der Waals surface area contributed by atoms with E-state index in [4.69, 9.17) is 10.5 Å². The fraction of sp³-hybridized carbons (Fsp3) is 0.167. The van der Waals surface area contributed by atoms with Crippen LogP contribution in [0, 0.1) is 6.92 Å². The minimum Gasteiger partial charge on any atom is -0.366 e. The number of rotatable bonds is 1. The fourth-order valence-electron chi connectivity index (χ4n) is 1.78. The number of aryl methyl sites for hydroxylation is 1. The van der Waals surface area contributed by atoms with Crippen molar-refractivity contribution in [3.05, 3.63) is 34.4 Å². The lowest BCUT2D eigenvalue weighted by molar-refractivity contribution is -0.0980. The number of benzene rings is 1. The van der Waals surface area contributed by atoms with Crippen LogP contribution in [-0.4, -0.2) is 36.5 Å². The Labute approximate surface area is 103 Å². The third-order valence-electron chi connectivity index (χ3n) is 2.70.